The van der Waals surface area contributed by atoms with Gasteiger partial charge in [0.05, 0.1) is 29.8 Å². The summed E-state index contributed by atoms with van der Waals surface area (Å²) in [6.07, 6.45) is 2.16. The fraction of sp³-hybridized carbons (Fsp3) is 0.444. The van der Waals surface area contributed by atoms with Gasteiger partial charge in [0.1, 0.15) is 29.0 Å². The molecule has 1 saturated heterocycles. The Labute approximate surface area is 217 Å². The number of nitrogens with zero attached hydrogens (tertiary/aromatic N) is 2. The quantitative estimate of drug-likeness (QED) is 0.263. The van der Waals surface area contributed by atoms with Gasteiger partial charge in [-0.1, -0.05) is 0 Å². The van der Waals surface area contributed by atoms with Crippen molar-refractivity contribution in [3.63, 3.8) is 0 Å². The minimum Gasteiger partial charge on any atom is -0.497 e. The second kappa shape index (κ2) is 12.0. The van der Waals surface area contributed by atoms with Crippen LogP contribution in [0, 0.1) is 28.7 Å². The van der Waals surface area contributed by atoms with Gasteiger partial charge in [-0.15, -0.1) is 11.8 Å². The number of pyridine rings is 1. The van der Waals surface area contributed by atoms with E-state index in [2.05, 4.69) is 9.88 Å². The van der Waals surface area contributed by atoms with Crippen LogP contribution in [0.15, 0.2) is 41.4 Å². The Morgan fingerprint density at radius 3 is 2.43 bits per heavy atom. The van der Waals surface area contributed by atoms with Gasteiger partial charge in [0.25, 0.3) is 0 Å². The topological polar surface area (TPSA) is 65.8 Å². The van der Waals surface area contributed by atoms with E-state index in [1.54, 1.807) is 18.2 Å². The lowest BCUT2D eigenvalue weighted by Gasteiger charge is -2.41. The van der Waals surface area contributed by atoms with Gasteiger partial charge in [-0.05, 0) is 62.4 Å². The van der Waals surface area contributed by atoms with Crippen LogP contribution in [0.1, 0.15) is 37.4 Å². The second-order valence-corrected chi connectivity index (χ2v) is 10.6. The van der Waals surface area contributed by atoms with Crippen molar-refractivity contribution in [2.24, 2.45) is 5.41 Å². The Bertz CT molecular complexity index is 1210. The number of piperidine rings is 1. The average molecular weight is 539 g/mol. The van der Waals surface area contributed by atoms with Crippen molar-refractivity contribution in [2.75, 3.05) is 39.1 Å². The highest BCUT2D eigenvalue weighted by molar-refractivity contribution is 7.99. The highest BCUT2D eigenvalue weighted by Gasteiger charge is 2.35. The first-order chi connectivity index (χ1) is 17.7. The van der Waals surface area contributed by atoms with E-state index >= 15 is 0 Å². The van der Waals surface area contributed by atoms with Gasteiger partial charge in [0, 0.05) is 42.0 Å². The Morgan fingerprint density at radius 1 is 1.08 bits per heavy atom. The number of aliphatic hydroxyl groups is 2. The van der Waals surface area contributed by atoms with E-state index in [0.717, 1.165) is 18.0 Å². The number of halogens is 4. The van der Waals surface area contributed by atoms with Crippen molar-refractivity contribution < 1.29 is 32.5 Å². The van der Waals surface area contributed by atoms with Gasteiger partial charge < -0.3 is 19.8 Å². The zero-order valence-corrected chi connectivity index (χ0v) is 21.3. The van der Waals surface area contributed by atoms with Gasteiger partial charge in [-0.3, -0.25) is 4.98 Å². The molecular formula is C27H30F4N2O3S. The molecule has 2 heterocycles. The smallest absolute Gasteiger partial charge is 0.147 e. The van der Waals surface area contributed by atoms with Crippen molar-refractivity contribution in [1.29, 1.82) is 0 Å². The van der Waals surface area contributed by atoms with Gasteiger partial charge in [-0.2, -0.15) is 0 Å². The lowest BCUT2D eigenvalue weighted by Crippen LogP contribution is -2.43. The molecule has 0 amide bonds. The Kier molecular flexibility index (Phi) is 8.94. The van der Waals surface area contributed by atoms with Crippen LogP contribution in [-0.2, 0) is 0 Å². The lowest BCUT2D eigenvalue weighted by atomic mass is 9.74. The Hall–Kier alpha value is -2.40. The summed E-state index contributed by atoms with van der Waals surface area (Å²) in [6, 6.07) is 6.45. The molecule has 1 aliphatic heterocycles. The summed E-state index contributed by atoms with van der Waals surface area (Å²) in [5.74, 6) is -2.38. The van der Waals surface area contributed by atoms with Crippen LogP contribution in [0.25, 0.3) is 10.9 Å². The molecule has 0 radical (unpaired) electrons. The summed E-state index contributed by atoms with van der Waals surface area (Å²) < 4.78 is 60.8. The minimum atomic E-state index is -1.07. The number of fused-ring (bicyclic) bond motifs is 1. The molecule has 200 valence electrons. The molecule has 0 spiro atoms. The number of aliphatic hydroxyl groups excluding tert-OH is 2. The van der Waals surface area contributed by atoms with Crippen molar-refractivity contribution in [2.45, 2.75) is 36.7 Å². The Morgan fingerprint density at radius 2 is 1.78 bits per heavy atom. The predicted octanol–water partition coefficient (Wildman–Crippen LogP) is 5.48. The third kappa shape index (κ3) is 6.37. The van der Waals surface area contributed by atoms with Crippen molar-refractivity contribution in [3.05, 3.63) is 65.4 Å². The molecule has 2 aromatic carbocycles. The molecule has 0 unspecified atom stereocenters. The predicted molar refractivity (Wildman–Crippen MR) is 135 cm³/mol. The zero-order valence-electron chi connectivity index (χ0n) is 20.5. The first-order valence-corrected chi connectivity index (χ1v) is 13.1. The van der Waals surface area contributed by atoms with Crippen LogP contribution >= 0.6 is 11.8 Å². The van der Waals surface area contributed by atoms with Crippen molar-refractivity contribution >= 4 is 22.7 Å². The maximum Gasteiger partial charge on any atom is 0.147 e. The van der Waals surface area contributed by atoms with Gasteiger partial charge >= 0.3 is 0 Å². The maximum absolute atomic E-state index is 14.7. The number of rotatable bonds is 10. The molecule has 1 atom stereocenters. The van der Waals surface area contributed by atoms with E-state index in [0.29, 0.717) is 73.4 Å². The molecular weight excluding hydrogens is 508 g/mol. The third-order valence-electron chi connectivity index (χ3n) is 7.22. The lowest BCUT2D eigenvalue weighted by molar-refractivity contribution is 0.0251. The molecule has 1 fully saturated rings. The highest BCUT2D eigenvalue weighted by atomic mass is 32.2. The highest BCUT2D eigenvalue weighted by Crippen LogP contribution is 2.39. The summed E-state index contributed by atoms with van der Waals surface area (Å²) in [4.78, 5) is 6.06. The SMILES string of the molecule is COc1ccc2ncc(F)c([C@H](O)CCC3(CO)CCN(CCSc4c(F)cc(F)cc4F)CC3)c2c1. The molecule has 37 heavy (non-hydrogen) atoms. The number of likely N-dealkylation sites (tertiary alicyclic amines) is 1. The van der Waals surface area contributed by atoms with E-state index in [1.165, 1.54) is 7.11 Å². The molecule has 10 heteroatoms. The molecule has 3 aromatic rings. The van der Waals surface area contributed by atoms with Gasteiger partial charge in [0.15, 0.2) is 0 Å². The van der Waals surface area contributed by atoms with E-state index < -0.39 is 34.8 Å². The number of hydrogen-bond donors (Lipinski definition) is 2. The molecule has 1 aromatic heterocycles. The number of thioether (sulfide) groups is 1. The fourth-order valence-corrected chi connectivity index (χ4v) is 5.85. The average Bonchev–Trinajstić information content (AvgIpc) is 2.89. The molecule has 0 bridgehead atoms. The summed E-state index contributed by atoms with van der Waals surface area (Å²) >= 11 is 1.01. The van der Waals surface area contributed by atoms with Crippen LogP contribution in [0.4, 0.5) is 17.6 Å². The summed E-state index contributed by atoms with van der Waals surface area (Å²) in [5.41, 5.74) is 0.322. The van der Waals surface area contributed by atoms with Crippen LogP contribution in [0.5, 0.6) is 5.75 Å². The van der Waals surface area contributed by atoms with Gasteiger partial charge in [0.2, 0.25) is 0 Å². The van der Waals surface area contributed by atoms with Crippen molar-refractivity contribution in [1.82, 2.24) is 9.88 Å². The standard InChI is InChI=1S/C27H30F4N2O3S/c1-36-18-2-3-23-19(14-18)25(22(31)15-32-23)24(35)4-5-27(16-34)6-8-33(9-7-27)10-11-37-26-20(29)12-17(28)13-21(26)30/h2-3,12-15,24,34-35H,4-11,16H2,1H3/t24-/m1/s1. The molecule has 4 rings (SSSR count). The van der Waals surface area contributed by atoms with Gasteiger partial charge in [-0.25, -0.2) is 17.6 Å². The molecule has 5 nitrogen and oxygen atoms in total. The summed E-state index contributed by atoms with van der Waals surface area (Å²) in [7, 11) is 1.51. The van der Waals surface area contributed by atoms with Crippen molar-refractivity contribution in [3.8, 4) is 5.75 Å². The summed E-state index contributed by atoms with van der Waals surface area (Å²) in [6.45, 7) is 1.88. The fourth-order valence-electron chi connectivity index (χ4n) is 4.90. The number of ether oxygens (including phenoxy) is 1. The van der Waals surface area contributed by atoms with Crippen LogP contribution in [-0.4, -0.2) is 59.2 Å². The molecule has 2 N–H and O–H groups in total. The Balaban J connectivity index is 1.33. The zero-order chi connectivity index (χ0) is 26.6. The largest absolute Gasteiger partial charge is 0.497 e. The normalized spacial score (nSPS) is 16.7. The maximum atomic E-state index is 14.7. The van der Waals surface area contributed by atoms with Crippen LogP contribution in [0.3, 0.4) is 0 Å². The monoisotopic (exact) mass is 538 g/mol. The first kappa shape index (κ1) is 27.6. The first-order valence-electron chi connectivity index (χ1n) is 12.2. The van der Waals surface area contributed by atoms with Crippen LogP contribution < -0.4 is 4.74 Å². The third-order valence-corrected chi connectivity index (χ3v) is 8.28. The minimum absolute atomic E-state index is 0.0539. The van der Waals surface area contributed by atoms with E-state index in [-0.39, 0.29) is 23.5 Å². The van der Waals surface area contributed by atoms with E-state index in [1.807, 2.05) is 0 Å². The molecule has 0 aliphatic carbocycles. The number of aromatic nitrogens is 1. The van der Waals surface area contributed by atoms with E-state index in [9.17, 15) is 27.8 Å². The second-order valence-electron chi connectivity index (χ2n) is 9.50. The number of methoxy groups -OCH3 is 1. The molecule has 0 saturated carbocycles. The number of hydrogen-bond acceptors (Lipinski definition) is 6. The van der Waals surface area contributed by atoms with Crippen LogP contribution in [0.2, 0.25) is 0 Å². The number of benzene rings is 2. The van der Waals surface area contributed by atoms with E-state index in [4.69, 9.17) is 4.74 Å². The molecule has 1 aliphatic rings. The summed E-state index contributed by atoms with van der Waals surface area (Å²) in [5, 5.41) is 21.6.